The van der Waals surface area contributed by atoms with Crippen LogP contribution in [0.4, 0.5) is 0 Å². The van der Waals surface area contributed by atoms with E-state index in [2.05, 4.69) is 22.8 Å². The predicted octanol–water partition coefficient (Wildman–Crippen LogP) is 1.17. The maximum atomic E-state index is 10.8. The van der Waals surface area contributed by atoms with Gasteiger partial charge in [-0.2, -0.15) is 0 Å². The van der Waals surface area contributed by atoms with Crippen LogP contribution in [0.3, 0.4) is 0 Å². The zero-order valence-corrected chi connectivity index (χ0v) is 10.9. The van der Waals surface area contributed by atoms with Crippen LogP contribution < -0.4 is 10.6 Å². The fourth-order valence-electron chi connectivity index (χ4n) is 1.42. The summed E-state index contributed by atoms with van der Waals surface area (Å²) in [6.07, 6.45) is 2.04. The van der Waals surface area contributed by atoms with Gasteiger partial charge in [-0.1, -0.05) is 12.1 Å². The highest BCUT2D eigenvalue weighted by Crippen LogP contribution is 2.14. The van der Waals surface area contributed by atoms with Crippen LogP contribution in [0.5, 0.6) is 0 Å². The number of carboxylic acids is 1. The Morgan fingerprint density at radius 2 is 2.06 bits per heavy atom. The van der Waals surface area contributed by atoms with Crippen LogP contribution in [0.15, 0.2) is 29.2 Å². The highest BCUT2D eigenvalue weighted by atomic mass is 32.2. The first kappa shape index (κ1) is 14.0. The lowest BCUT2D eigenvalue weighted by molar-refractivity contribution is -0.139. The third kappa shape index (κ3) is 4.77. The first-order chi connectivity index (χ1) is 8.17. The van der Waals surface area contributed by atoms with Gasteiger partial charge in [-0.25, -0.2) is 0 Å². The van der Waals surface area contributed by atoms with Crippen LogP contribution in [0, 0.1) is 0 Å². The molecule has 1 aromatic rings. The Balaban J connectivity index is 2.37. The molecule has 0 bridgehead atoms. The summed E-state index contributed by atoms with van der Waals surface area (Å²) in [7, 11) is 1.65. The molecule has 94 valence electrons. The molecule has 1 rings (SSSR count). The number of nitrogens with one attached hydrogen (secondary N) is 2. The number of carbonyl (C=O) groups is 1. The number of benzene rings is 1. The maximum absolute atomic E-state index is 10.8. The van der Waals surface area contributed by atoms with E-state index >= 15 is 0 Å². The number of hydrogen-bond donors (Lipinski definition) is 3. The van der Waals surface area contributed by atoms with Gasteiger partial charge in [0.15, 0.2) is 0 Å². The fourth-order valence-corrected chi connectivity index (χ4v) is 1.83. The van der Waals surface area contributed by atoms with Crippen molar-refractivity contribution in [3.8, 4) is 0 Å². The summed E-state index contributed by atoms with van der Waals surface area (Å²) in [6.45, 7) is 1.09. The van der Waals surface area contributed by atoms with E-state index in [1.165, 1.54) is 4.90 Å². The van der Waals surface area contributed by atoms with Crippen molar-refractivity contribution in [1.29, 1.82) is 0 Å². The molecule has 0 aromatic heterocycles. The molecule has 3 N–H and O–H groups in total. The zero-order valence-electron chi connectivity index (χ0n) is 10.1. The van der Waals surface area contributed by atoms with Gasteiger partial charge in [0.05, 0.1) is 0 Å². The number of hydrogen-bond acceptors (Lipinski definition) is 4. The van der Waals surface area contributed by atoms with Gasteiger partial charge in [-0.3, -0.25) is 4.79 Å². The minimum Gasteiger partial charge on any atom is -0.480 e. The van der Waals surface area contributed by atoms with Gasteiger partial charge in [0.2, 0.25) is 0 Å². The lowest BCUT2D eigenvalue weighted by Crippen LogP contribution is -2.42. The first-order valence-corrected chi connectivity index (χ1v) is 6.63. The van der Waals surface area contributed by atoms with Crippen molar-refractivity contribution in [2.75, 3.05) is 19.8 Å². The zero-order chi connectivity index (χ0) is 12.7. The van der Waals surface area contributed by atoms with Crippen molar-refractivity contribution in [3.05, 3.63) is 29.8 Å². The van der Waals surface area contributed by atoms with Crippen LogP contribution >= 0.6 is 11.8 Å². The summed E-state index contributed by atoms with van der Waals surface area (Å²) in [4.78, 5) is 12.0. The van der Waals surface area contributed by atoms with Crippen LogP contribution in [0.2, 0.25) is 0 Å². The smallest absolute Gasteiger partial charge is 0.322 e. The predicted molar refractivity (Wildman–Crippen MR) is 70.4 cm³/mol. The standard InChI is InChI=1S/C12H18N2O2S/c1-13-11(12(15)16)8-14-7-9-3-5-10(17-2)6-4-9/h3-6,11,13-14H,7-8H2,1-2H3,(H,15,16). The van der Waals surface area contributed by atoms with E-state index in [9.17, 15) is 4.79 Å². The average Bonchev–Trinajstić information content (AvgIpc) is 2.35. The molecule has 5 heteroatoms. The summed E-state index contributed by atoms with van der Waals surface area (Å²) >= 11 is 1.71. The van der Waals surface area contributed by atoms with Crippen molar-refractivity contribution < 1.29 is 9.90 Å². The van der Waals surface area contributed by atoms with Gasteiger partial charge in [-0.05, 0) is 31.0 Å². The maximum Gasteiger partial charge on any atom is 0.322 e. The first-order valence-electron chi connectivity index (χ1n) is 5.41. The molecule has 0 aliphatic heterocycles. The second-order valence-electron chi connectivity index (χ2n) is 3.66. The summed E-state index contributed by atoms with van der Waals surface area (Å²) in [5, 5.41) is 14.7. The number of thioether (sulfide) groups is 1. The van der Waals surface area contributed by atoms with Crippen molar-refractivity contribution in [2.45, 2.75) is 17.5 Å². The minimum atomic E-state index is -0.835. The molecule has 0 radical (unpaired) electrons. The molecule has 17 heavy (non-hydrogen) atoms. The largest absolute Gasteiger partial charge is 0.480 e. The van der Waals surface area contributed by atoms with Crippen LogP contribution in [0.1, 0.15) is 5.56 Å². The Morgan fingerprint density at radius 1 is 1.41 bits per heavy atom. The number of carboxylic acid groups (broad SMARTS) is 1. The molecule has 1 atom stereocenters. The highest BCUT2D eigenvalue weighted by Gasteiger charge is 2.13. The normalized spacial score (nSPS) is 12.4. The Labute approximate surface area is 106 Å². The van der Waals surface area contributed by atoms with Gasteiger partial charge in [0.1, 0.15) is 6.04 Å². The van der Waals surface area contributed by atoms with E-state index in [0.717, 1.165) is 5.56 Å². The Hall–Kier alpha value is -1.04. The molecule has 0 saturated heterocycles. The molecule has 1 unspecified atom stereocenters. The molecular weight excluding hydrogens is 236 g/mol. The Kier molecular flexibility index (Phi) is 6.04. The number of aliphatic carboxylic acids is 1. The van der Waals surface area contributed by atoms with E-state index in [0.29, 0.717) is 13.1 Å². The molecule has 0 heterocycles. The van der Waals surface area contributed by atoms with Crippen molar-refractivity contribution >= 4 is 17.7 Å². The molecule has 4 nitrogen and oxygen atoms in total. The van der Waals surface area contributed by atoms with Gasteiger partial charge in [0, 0.05) is 18.0 Å². The van der Waals surface area contributed by atoms with Crippen molar-refractivity contribution in [1.82, 2.24) is 10.6 Å². The molecule has 0 fully saturated rings. The molecule has 1 aromatic carbocycles. The van der Waals surface area contributed by atoms with Crippen molar-refractivity contribution in [2.24, 2.45) is 0 Å². The van der Waals surface area contributed by atoms with E-state index in [1.54, 1.807) is 18.8 Å². The van der Waals surface area contributed by atoms with Crippen LogP contribution in [-0.2, 0) is 11.3 Å². The van der Waals surface area contributed by atoms with Gasteiger partial charge < -0.3 is 15.7 Å². The highest BCUT2D eigenvalue weighted by molar-refractivity contribution is 7.98. The summed E-state index contributed by atoms with van der Waals surface area (Å²) in [5.74, 6) is -0.835. The van der Waals surface area contributed by atoms with Crippen LogP contribution in [0.25, 0.3) is 0 Å². The Bertz CT molecular complexity index is 354. The fraction of sp³-hybridized carbons (Fsp3) is 0.417. The third-order valence-corrected chi connectivity index (χ3v) is 3.23. The molecule has 0 saturated carbocycles. The molecule has 0 aliphatic carbocycles. The van der Waals surface area contributed by atoms with Gasteiger partial charge in [-0.15, -0.1) is 11.8 Å². The quantitative estimate of drug-likeness (QED) is 0.638. The van der Waals surface area contributed by atoms with E-state index < -0.39 is 12.0 Å². The molecule has 0 spiro atoms. The number of likely N-dealkylation sites (N-methyl/N-ethyl adjacent to an activating group) is 1. The summed E-state index contributed by atoms with van der Waals surface area (Å²) < 4.78 is 0. The lowest BCUT2D eigenvalue weighted by Gasteiger charge is -2.12. The van der Waals surface area contributed by atoms with E-state index in [1.807, 2.05) is 18.4 Å². The summed E-state index contributed by atoms with van der Waals surface area (Å²) in [5.41, 5.74) is 1.16. The van der Waals surface area contributed by atoms with Crippen molar-refractivity contribution in [3.63, 3.8) is 0 Å². The minimum absolute atomic E-state index is 0.413. The van der Waals surface area contributed by atoms with Gasteiger partial charge >= 0.3 is 5.97 Å². The van der Waals surface area contributed by atoms with Gasteiger partial charge in [0.25, 0.3) is 0 Å². The van der Waals surface area contributed by atoms with E-state index in [-0.39, 0.29) is 0 Å². The average molecular weight is 254 g/mol. The Morgan fingerprint density at radius 3 is 2.53 bits per heavy atom. The SMILES string of the molecule is CNC(CNCc1ccc(SC)cc1)C(=O)O. The number of rotatable bonds is 7. The van der Waals surface area contributed by atoms with Crippen LogP contribution in [-0.4, -0.2) is 37.0 Å². The lowest BCUT2D eigenvalue weighted by atomic mass is 10.2. The van der Waals surface area contributed by atoms with E-state index in [4.69, 9.17) is 5.11 Å². The topological polar surface area (TPSA) is 61.4 Å². The molecule has 0 amide bonds. The second-order valence-corrected chi connectivity index (χ2v) is 4.54. The molecular formula is C12H18N2O2S. The molecule has 0 aliphatic rings. The summed E-state index contributed by atoms with van der Waals surface area (Å²) in [6, 6.07) is 7.69. The third-order valence-electron chi connectivity index (χ3n) is 2.48. The monoisotopic (exact) mass is 254 g/mol. The second kappa shape index (κ2) is 7.32.